The molecule has 1 aromatic rings. The van der Waals surface area contributed by atoms with E-state index in [-0.39, 0.29) is 23.1 Å². The highest BCUT2D eigenvalue weighted by Gasteiger charge is 2.46. The number of esters is 2. The molecule has 3 rings (SSSR count). The van der Waals surface area contributed by atoms with E-state index in [1.54, 1.807) is 0 Å². The van der Waals surface area contributed by atoms with Crippen LogP contribution in [-0.2, 0) is 19.6 Å². The van der Waals surface area contributed by atoms with Gasteiger partial charge in [-0.05, 0) is 65.2 Å². The number of hydrogen-bond donors (Lipinski definition) is 1. The number of carbonyl (C=O) groups excluding carboxylic acids is 2. The molecule has 4 unspecified atom stereocenters. The van der Waals surface area contributed by atoms with Gasteiger partial charge in [0, 0.05) is 0 Å². The molecule has 30 heavy (non-hydrogen) atoms. The number of carbonyl (C=O) groups is 2. The molecule has 1 N–H and O–H groups in total. The molecule has 2 saturated carbocycles. The molecule has 0 heterocycles. The lowest BCUT2D eigenvalue weighted by molar-refractivity contribution is -0.197. The Hall–Kier alpha value is -1.66. The van der Waals surface area contributed by atoms with Crippen molar-refractivity contribution in [3.63, 3.8) is 0 Å². The smallest absolute Gasteiger partial charge is 0.426 e. The van der Waals surface area contributed by atoms with Gasteiger partial charge in [-0.15, -0.1) is 0 Å². The SMILES string of the molecule is O=C(OC(CS(=O)(=O)O)C(F)(F)F)c1ccc(Br)c(OC(=O)C2CC3CCC2C3)c1. The third-order valence-corrected chi connectivity index (χ3v) is 6.77. The van der Waals surface area contributed by atoms with Crippen LogP contribution in [0.2, 0.25) is 0 Å². The summed E-state index contributed by atoms with van der Waals surface area (Å²) in [6, 6.07) is 3.46. The standard InChI is InChI=1S/C18H18BrF3O7S/c19-13-4-3-11(16(23)29-15(18(20,21)22)8-30(25,26)27)7-14(13)28-17(24)12-6-9-1-2-10(12)5-9/h3-4,7,9-10,12,15H,1-2,5-6,8H2,(H,25,26,27). The average molecular weight is 515 g/mol. The second kappa shape index (κ2) is 8.46. The Morgan fingerprint density at radius 1 is 1.23 bits per heavy atom. The number of benzene rings is 1. The summed E-state index contributed by atoms with van der Waals surface area (Å²) >= 11 is 3.16. The largest absolute Gasteiger partial charge is 0.448 e. The molecule has 2 fully saturated rings. The van der Waals surface area contributed by atoms with Crippen molar-refractivity contribution in [2.75, 3.05) is 5.75 Å². The van der Waals surface area contributed by atoms with Crippen molar-refractivity contribution in [2.24, 2.45) is 17.8 Å². The van der Waals surface area contributed by atoms with Gasteiger partial charge in [-0.25, -0.2) is 4.79 Å². The number of alkyl halides is 3. The zero-order chi connectivity index (χ0) is 22.3. The Labute approximate surface area is 178 Å². The molecule has 0 amide bonds. The van der Waals surface area contributed by atoms with E-state index in [4.69, 9.17) is 9.29 Å². The zero-order valence-corrected chi connectivity index (χ0v) is 17.8. The van der Waals surface area contributed by atoms with Gasteiger partial charge in [-0.1, -0.05) is 6.42 Å². The third-order valence-electron chi connectivity index (χ3n) is 5.39. The van der Waals surface area contributed by atoms with Crippen molar-refractivity contribution in [3.05, 3.63) is 28.2 Å². The van der Waals surface area contributed by atoms with Crippen LogP contribution in [0.1, 0.15) is 36.0 Å². The van der Waals surface area contributed by atoms with E-state index in [0.717, 1.165) is 37.8 Å². The van der Waals surface area contributed by atoms with Gasteiger partial charge in [-0.3, -0.25) is 9.35 Å². The molecule has 0 aliphatic heterocycles. The lowest BCUT2D eigenvalue weighted by atomic mass is 9.89. The number of rotatable bonds is 6. The van der Waals surface area contributed by atoms with Crippen molar-refractivity contribution in [1.29, 1.82) is 0 Å². The Morgan fingerprint density at radius 2 is 1.93 bits per heavy atom. The minimum Gasteiger partial charge on any atom is -0.448 e. The van der Waals surface area contributed by atoms with Crippen LogP contribution in [0.15, 0.2) is 22.7 Å². The normalized spacial score (nSPS) is 24.5. The summed E-state index contributed by atoms with van der Waals surface area (Å²) in [5.74, 6) is -3.34. The molecule has 0 spiro atoms. The monoisotopic (exact) mass is 514 g/mol. The van der Waals surface area contributed by atoms with Crippen molar-refractivity contribution in [3.8, 4) is 5.75 Å². The highest BCUT2D eigenvalue weighted by Crippen LogP contribution is 2.48. The summed E-state index contributed by atoms with van der Waals surface area (Å²) in [5.41, 5.74) is -0.376. The maximum absolute atomic E-state index is 13.0. The summed E-state index contributed by atoms with van der Waals surface area (Å²) in [7, 11) is -5.05. The lowest BCUT2D eigenvalue weighted by Crippen LogP contribution is -2.39. The molecule has 1 aromatic carbocycles. The minimum absolute atomic E-state index is 0.0597. The first kappa shape index (κ1) is 23.0. The first-order valence-corrected chi connectivity index (χ1v) is 11.5. The molecule has 2 aliphatic carbocycles. The predicted molar refractivity (Wildman–Crippen MR) is 100 cm³/mol. The topological polar surface area (TPSA) is 107 Å². The van der Waals surface area contributed by atoms with Crippen LogP contribution in [0, 0.1) is 17.8 Å². The summed E-state index contributed by atoms with van der Waals surface area (Å²) < 4.78 is 79.1. The zero-order valence-electron chi connectivity index (χ0n) is 15.4. The van der Waals surface area contributed by atoms with Crippen LogP contribution in [0.3, 0.4) is 0 Å². The summed E-state index contributed by atoms with van der Waals surface area (Å²) in [4.78, 5) is 24.6. The van der Waals surface area contributed by atoms with E-state index in [0.29, 0.717) is 10.4 Å². The van der Waals surface area contributed by atoms with Gasteiger partial charge < -0.3 is 9.47 Å². The maximum Gasteiger partial charge on any atom is 0.426 e. The lowest BCUT2D eigenvalue weighted by Gasteiger charge is -2.21. The fraction of sp³-hybridized carbons (Fsp3) is 0.556. The quantitative estimate of drug-likeness (QED) is 0.349. The summed E-state index contributed by atoms with van der Waals surface area (Å²) in [6.07, 6.45) is -4.53. The second-order valence-corrected chi connectivity index (χ2v) is 9.88. The molecule has 4 atom stereocenters. The molecular formula is C18H18BrF3O7S. The molecule has 0 radical (unpaired) electrons. The number of ether oxygens (including phenoxy) is 2. The number of halogens is 4. The molecule has 12 heteroatoms. The third kappa shape index (κ3) is 5.52. The molecule has 0 saturated heterocycles. The Bertz CT molecular complexity index is 948. The van der Waals surface area contributed by atoms with Crippen LogP contribution in [-0.4, -0.2) is 42.9 Å². The Morgan fingerprint density at radius 3 is 2.47 bits per heavy atom. The van der Waals surface area contributed by atoms with E-state index in [9.17, 15) is 31.2 Å². The van der Waals surface area contributed by atoms with Gasteiger partial charge in [0.25, 0.3) is 10.1 Å². The number of fused-ring (bicyclic) bond motifs is 2. The van der Waals surface area contributed by atoms with E-state index in [1.807, 2.05) is 0 Å². The average Bonchev–Trinajstić information content (AvgIpc) is 3.24. The van der Waals surface area contributed by atoms with Crippen LogP contribution >= 0.6 is 15.9 Å². The van der Waals surface area contributed by atoms with Gasteiger partial charge in [0.05, 0.1) is 16.0 Å². The van der Waals surface area contributed by atoms with Gasteiger partial charge in [0.15, 0.2) is 0 Å². The Balaban J connectivity index is 1.73. The van der Waals surface area contributed by atoms with Crippen molar-refractivity contribution >= 4 is 38.0 Å². The van der Waals surface area contributed by atoms with Crippen LogP contribution < -0.4 is 4.74 Å². The summed E-state index contributed by atoms with van der Waals surface area (Å²) in [6.45, 7) is 0. The van der Waals surface area contributed by atoms with Crippen LogP contribution in [0.4, 0.5) is 13.2 Å². The summed E-state index contributed by atoms with van der Waals surface area (Å²) in [5, 5.41) is 0. The van der Waals surface area contributed by atoms with E-state index >= 15 is 0 Å². The van der Waals surface area contributed by atoms with E-state index < -0.39 is 40.1 Å². The van der Waals surface area contributed by atoms with E-state index in [2.05, 4.69) is 20.7 Å². The molecule has 0 aromatic heterocycles. The fourth-order valence-electron chi connectivity index (χ4n) is 4.01. The second-order valence-electron chi connectivity index (χ2n) is 7.53. The van der Waals surface area contributed by atoms with Gasteiger partial charge in [-0.2, -0.15) is 21.6 Å². The van der Waals surface area contributed by atoms with Crippen molar-refractivity contribution in [1.82, 2.24) is 0 Å². The van der Waals surface area contributed by atoms with Crippen molar-refractivity contribution in [2.45, 2.75) is 38.0 Å². The predicted octanol–water partition coefficient (Wildman–Crippen LogP) is 3.77. The molecule has 2 bridgehead atoms. The van der Waals surface area contributed by atoms with Crippen LogP contribution in [0.25, 0.3) is 0 Å². The molecule has 166 valence electrons. The van der Waals surface area contributed by atoms with Crippen molar-refractivity contribution < 1.29 is 45.2 Å². The number of hydrogen-bond acceptors (Lipinski definition) is 6. The van der Waals surface area contributed by atoms with Crippen LogP contribution in [0.5, 0.6) is 5.75 Å². The van der Waals surface area contributed by atoms with Gasteiger partial charge >= 0.3 is 18.1 Å². The Kier molecular flexibility index (Phi) is 6.49. The highest BCUT2D eigenvalue weighted by atomic mass is 79.9. The van der Waals surface area contributed by atoms with Gasteiger partial charge in [0.2, 0.25) is 6.10 Å². The van der Waals surface area contributed by atoms with Gasteiger partial charge in [0.1, 0.15) is 11.5 Å². The highest BCUT2D eigenvalue weighted by molar-refractivity contribution is 9.10. The minimum atomic E-state index is -5.21. The fourth-order valence-corrected chi connectivity index (χ4v) is 4.98. The van der Waals surface area contributed by atoms with E-state index in [1.165, 1.54) is 6.07 Å². The molecule has 7 nitrogen and oxygen atoms in total. The first-order chi connectivity index (χ1) is 13.8. The maximum atomic E-state index is 13.0. The molecular weight excluding hydrogens is 497 g/mol. The first-order valence-electron chi connectivity index (χ1n) is 9.07. The molecule has 2 aliphatic rings.